The molecule has 0 aliphatic carbocycles. The Balaban J connectivity index is 4.02. The van der Waals surface area contributed by atoms with Crippen LogP contribution in [0.15, 0.2) is 60.8 Å². The number of allylic oxidation sites excluding steroid dienone is 10. The summed E-state index contributed by atoms with van der Waals surface area (Å²) in [5, 5.41) is 9.71. The van der Waals surface area contributed by atoms with Crippen molar-refractivity contribution in [1.82, 2.24) is 0 Å². The molecule has 9 nitrogen and oxygen atoms in total. The van der Waals surface area contributed by atoms with Gasteiger partial charge < -0.3 is 28.5 Å². The van der Waals surface area contributed by atoms with E-state index < -0.39 is 24.3 Å². The molecule has 77 heavy (non-hydrogen) atoms. The molecular formula is C68H124NO8+. The van der Waals surface area contributed by atoms with Crippen LogP contribution in [-0.4, -0.2) is 87.4 Å². The van der Waals surface area contributed by atoms with E-state index in [9.17, 15) is 19.5 Å². The van der Waals surface area contributed by atoms with E-state index in [-0.39, 0.29) is 32.2 Å². The van der Waals surface area contributed by atoms with Crippen molar-refractivity contribution in [3.05, 3.63) is 60.8 Å². The molecule has 448 valence electrons. The minimum atomic E-state index is -1.51. The first-order valence-electron chi connectivity index (χ1n) is 32.5. The van der Waals surface area contributed by atoms with Gasteiger partial charge in [-0.05, 0) is 77.0 Å². The highest BCUT2D eigenvalue weighted by Crippen LogP contribution is 2.17. The monoisotopic (exact) mass is 1080 g/mol. The molecule has 0 aliphatic heterocycles. The van der Waals surface area contributed by atoms with E-state index in [0.29, 0.717) is 23.9 Å². The molecule has 0 aromatic carbocycles. The highest BCUT2D eigenvalue weighted by molar-refractivity contribution is 5.71. The summed E-state index contributed by atoms with van der Waals surface area (Å²) in [6.07, 6.45) is 73.3. The molecule has 0 radical (unpaired) electrons. The SMILES string of the molecule is CC/C=C\C/C=C\C/C=C\CCCCCCCCCC(=O)OC(COC(=O)CCCCCCCCCCCCCCCCCCCCCCCCC/C=C\C/C=C\CCCCCCC)COC(OCC[N+](C)(C)C)C(=O)O. The number of nitrogens with zero attached hydrogens (tertiary/aromatic N) is 1. The number of likely N-dealkylation sites (N-methyl/N-ethyl adjacent to an activating group) is 1. The summed E-state index contributed by atoms with van der Waals surface area (Å²) in [6.45, 7) is 4.77. The van der Waals surface area contributed by atoms with Crippen molar-refractivity contribution in [2.24, 2.45) is 0 Å². The van der Waals surface area contributed by atoms with Crippen molar-refractivity contribution in [1.29, 1.82) is 0 Å². The van der Waals surface area contributed by atoms with Crippen LogP contribution in [0.5, 0.6) is 0 Å². The van der Waals surface area contributed by atoms with Crippen molar-refractivity contribution in [3.63, 3.8) is 0 Å². The summed E-state index contributed by atoms with van der Waals surface area (Å²) >= 11 is 0. The smallest absolute Gasteiger partial charge is 0.361 e. The van der Waals surface area contributed by atoms with Crippen molar-refractivity contribution in [3.8, 4) is 0 Å². The molecule has 0 heterocycles. The van der Waals surface area contributed by atoms with Crippen molar-refractivity contribution < 1.29 is 42.9 Å². The Morgan fingerprint density at radius 2 is 0.740 bits per heavy atom. The summed E-state index contributed by atoms with van der Waals surface area (Å²) in [5.74, 6) is -2.01. The average molecular weight is 1080 g/mol. The van der Waals surface area contributed by atoms with Crippen molar-refractivity contribution in [2.45, 2.75) is 309 Å². The number of carbonyl (C=O) groups is 3. The van der Waals surface area contributed by atoms with E-state index in [0.717, 1.165) is 70.6 Å². The molecule has 0 aromatic rings. The summed E-state index contributed by atoms with van der Waals surface area (Å²) < 4.78 is 22.9. The third kappa shape index (κ3) is 60.5. The number of carbonyl (C=O) groups excluding carboxylic acids is 2. The van der Waals surface area contributed by atoms with Crippen LogP contribution in [0.2, 0.25) is 0 Å². The number of carboxylic acids is 1. The largest absolute Gasteiger partial charge is 0.477 e. The molecule has 0 fully saturated rings. The molecule has 0 aliphatic rings. The Labute approximate surface area is 475 Å². The van der Waals surface area contributed by atoms with Gasteiger partial charge in [-0.25, -0.2) is 4.79 Å². The van der Waals surface area contributed by atoms with Gasteiger partial charge in [0.05, 0.1) is 34.4 Å². The number of esters is 2. The van der Waals surface area contributed by atoms with Crippen LogP contribution in [0.4, 0.5) is 0 Å². The lowest BCUT2D eigenvalue weighted by Crippen LogP contribution is -2.40. The summed E-state index contributed by atoms with van der Waals surface area (Å²) in [7, 11) is 5.97. The van der Waals surface area contributed by atoms with E-state index in [1.807, 2.05) is 21.1 Å². The Kier molecular flexibility index (Phi) is 56.8. The lowest BCUT2D eigenvalue weighted by atomic mass is 10.0. The van der Waals surface area contributed by atoms with E-state index in [1.165, 1.54) is 193 Å². The Morgan fingerprint density at radius 3 is 1.10 bits per heavy atom. The number of ether oxygens (including phenoxy) is 4. The molecule has 9 heteroatoms. The Bertz CT molecular complexity index is 1450. The molecule has 0 saturated carbocycles. The second kappa shape index (κ2) is 59.1. The third-order valence-electron chi connectivity index (χ3n) is 14.3. The van der Waals surface area contributed by atoms with Gasteiger partial charge in [0, 0.05) is 12.8 Å². The van der Waals surface area contributed by atoms with Gasteiger partial charge in [-0.1, -0.05) is 267 Å². The van der Waals surface area contributed by atoms with Crippen LogP contribution >= 0.6 is 0 Å². The fourth-order valence-corrected chi connectivity index (χ4v) is 9.30. The zero-order valence-corrected chi connectivity index (χ0v) is 51.1. The molecule has 2 atom stereocenters. The van der Waals surface area contributed by atoms with E-state index in [1.54, 1.807) is 0 Å². The van der Waals surface area contributed by atoms with E-state index >= 15 is 0 Å². The van der Waals surface area contributed by atoms with Gasteiger partial charge in [0.25, 0.3) is 6.29 Å². The Morgan fingerprint density at radius 1 is 0.403 bits per heavy atom. The topological polar surface area (TPSA) is 108 Å². The van der Waals surface area contributed by atoms with Crippen molar-refractivity contribution in [2.75, 3.05) is 47.5 Å². The average Bonchev–Trinajstić information content (AvgIpc) is 3.40. The number of hydrogen-bond acceptors (Lipinski definition) is 7. The van der Waals surface area contributed by atoms with Crippen LogP contribution in [-0.2, 0) is 33.3 Å². The van der Waals surface area contributed by atoms with Gasteiger partial charge in [-0.3, -0.25) is 9.59 Å². The maximum absolute atomic E-state index is 12.9. The van der Waals surface area contributed by atoms with Gasteiger partial charge in [-0.2, -0.15) is 0 Å². The van der Waals surface area contributed by atoms with Gasteiger partial charge >= 0.3 is 17.9 Å². The van der Waals surface area contributed by atoms with Crippen LogP contribution in [0.3, 0.4) is 0 Å². The van der Waals surface area contributed by atoms with Crippen LogP contribution in [0.25, 0.3) is 0 Å². The first kappa shape index (κ1) is 74.0. The Hall–Kier alpha value is -3.01. The fourth-order valence-electron chi connectivity index (χ4n) is 9.30. The molecule has 1 N–H and O–H groups in total. The highest BCUT2D eigenvalue weighted by Gasteiger charge is 2.25. The lowest BCUT2D eigenvalue weighted by Gasteiger charge is -2.25. The predicted octanol–water partition coefficient (Wildman–Crippen LogP) is 19.6. The van der Waals surface area contributed by atoms with Gasteiger partial charge in [0.1, 0.15) is 13.2 Å². The second-order valence-electron chi connectivity index (χ2n) is 23.0. The first-order valence-corrected chi connectivity index (χ1v) is 32.5. The second-order valence-corrected chi connectivity index (χ2v) is 23.0. The minimum absolute atomic E-state index is 0.185. The minimum Gasteiger partial charge on any atom is -0.477 e. The number of aliphatic carboxylic acids is 1. The fraction of sp³-hybridized carbons (Fsp3) is 0.809. The highest BCUT2D eigenvalue weighted by atomic mass is 16.7. The molecule has 0 bridgehead atoms. The molecule has 0 amide bonds. The maximum atomic E-state index is 12.9. The van der Waals surface area contributed by atoms with Crippen LogP contribution in [0.1, 0.15) is 296 Å². The first-order chi connectivity index (χ1) is 37.6. The number of hydrogen-bond donors (Lipinski definition) is 1. The number of rotatable bonds is 60. The molecule has 0 rings (SSSR count). The van der Waals surface area contributed by atoms with E-state index in [2.05, 4.69) is 74.6 Å². The van der Waals surface area contributed by atoms with Crippen LogP contribution < -0.4 is 0 Å². The summed E-state index contributed by atoms with van der Waals surface area (Å²) in [6, 6.07) is 0. The third-order valence-corrected chi connectivity index (χ3v) is 14.3. The molecule has 0 spiro atoms. The van der Waals surface area contributed by atoms with Gasteiger partial charge in [0.15, 0.2) is 6.10 Å². The van der Waals surface area contributed by atoms with Gasteiger partial charge in [-0.15, -0.1) is 0 Å². The van der Waals surface area contributed by atoms with Crippen LogP contribution in [0, 0.1) is 0 Å². The standard InChI is InChI=1S/C68H123NO8/c1-6-8-10-12-14-16-18-20-22-24-25-26-27-28-29-30-31-32-33-34-35-36-37-38-39-40-41-43-44-46-48-50-52-54-56-58-65(70)75-62-64(63-76-68(67(72)73)74-61-60-69(3,4)5)77-66(71)59-57-55-53-51-49-47-45-42-23-21-19-17-15-13-11-9-7-2/h9,11,15,17-18,20-21,23-25,64,68H,6-8,10,12-14,16,19,22,26-63H2,1-5H3/p+1/b11-9-,17-15-,20-18-,23-21-,25-24-. The lowest BCUT2D eigenvalue weighted by molar-refractivity contribution is -0.870. The zero-order valence-electron chi connectivity index (χ0n) is 51.1. The normalized spacial score (nSPS) is 13.1. The molecular weight excluding hydrogens is 959 g/mol. The maximum Gasteiger partial charge on any atom is 0.361 e. The number of carboxylic acid groups (broad SMARTS) is 1. The summed E-state index contributed by atoms with van der Waals surface area (Å²) in [4.78, 5) is 37.5. The number of quaternary nitrogens is 1. The van der Waals surface area contributed by atoms with E-state index in [4.69, 9.17) is 18.9 Å². The zero-order chi connectivity index (χ0) is 56.2. The number of unbranched alkanes of at least 4 members (excludes halogenated alkanes) is 35. The quantitative estimate of drug-likeness (QED) is 0.0211. The summed E-state index contributed by atoms with van der Waals surface area (Å²) in [5.41, 5.74) is 0. The van der Waals surface area contributed by atoms with Crippen molar-refractivity contribution >= 4 is 17.9 Å². The predicted molar refractivity (Wildman–Crippen MR) is 327 cm³/mol. The molecule has 0 aromatic heterocycles. The molecule has 0 saturated heterocycles. The van der Waals surface area contributed by atoms with Gasteiger partial charge in [0.2, 0.25) is 0 Å². The molecule has 2 unspecified atom stereocenters.